The number of carbonyl (C=O) groups is 1. The predicted molar refractivity (Wildman–Crippen MR) is 68.1 cm³/mol. The third-order valence-electron chi connectivity index (χ3n) is 2.29. The Labute approximate surface area is 113 Å². The van der Waals surface area contributed by atoms with Crippen molar-refractivity contribution in [3.8, 4) is 0 Å². The number of hydrogen-bond acceptors (Lipinski definition) is 5. The first kappa shape index (κ1) is 16.0. The summed E-state index contributed by atoms with van der Waals surface area (Å²) in [6, 6.07) is 1.01. The monoisotopic (exact) mass is 312 g/mol. The van der Waals surface area contributed by atoms with Gasteiger partial charge in [0.15, 0.2) is 0 Å². The Kier molecular flexibility index (Phi) is 5.83. The standard InChI is InChI=1S/C10H14F2N2O3S2/c11-10(12)19(16,17)7-3-6-18-8(7)9(15)14-5-2-1-4-13/h3,6,10H,1-2,4-5,13H2,(H,14,15). The van der Waals surface area contributed by atoms with Gasteiger partial charge < -0.3 is 11.1 Å². The number of unbranched alkanes of at least 4 members (excludes halogenated alkanes) is 1. The van der Waals surface area contributed by atoms with Gasteiger partial charge in [0.2, 0.25) is 9.84 Å². The summed E-state index contributed by atoms with van der Waals surface area (Å²) in [7, 11) is -4.75. The van der Waals surface area contributed by atoms with E-state index in [4.69, 9.17) is 5.73 Å². The smallest absolute Gasteiger partial charge is 0.341 e. The fraction of sp³-hybridized carbons (Fsp3) is 0.500. The molecular formula is C10H14F2N2O3S2. The third kappa shape index (κ3) is 3.95. The highest BCUT2D eigenvalue weighted by Gasteiger charge is 2.31. The summed E-state index contributed by atoms with van der Waals surface area (Å²) in [6.45, 7) is 0.808. The summed E-state index contributed by atoms with van der Waals surface area (Å²) >= 11 is 0.816. The van der Waals surface area contributed by atoms with Gasteiger partial charge in [-0.05, 0) is 30.8 Å². The summed E-state index contributed by atoms with van der Waals surface area (Å²) in [6.07, 6.45) is 1.36. The van der Waals surface area contributed by atoms with Gasteiger partial charge in [-0.1, -0.05) is 0 Å². The SMILES string of the molecule is NCCCCNC(=O)c1sccc1S(=O)(=O)C(F)F. The molecule has 0 aliphatic heterocycles. The van der Waals surface area contributed by atoms with Crippen LogP contribution in [-0.2, 0) is 9.84 Å². The molecule has 19 heavy (non-hydrogen) atoms. The van der Waals surface area contributed by atoms with Crippen LogP contribution in [-0.4, -0.2) is 33.2 Å². The molecule has 0 atom stereocenters. The van der Waals surface area contributed by atoms with Gasteiger partial charge in [0.1, 0.15) is 4.88 Å². The summed E-state index contributed by atoms with van der Waals surface area (Å²) in [5.74, 6) is -4.20. The van der Waals surface area contributed by atoms with Gasteiger partial charge in [-0.3, -0.25) is 4.79 Å². The van der Waals surface area contributed by atoms with E-state index in [0.29, 0.717) is 25.9 Å². The van der Waals surface area contributed by atoms with Crippen LogP contribution in [0.15, 0.2) is 16.3 Å². The molecule has 0 spiro atoms. The van der Waals surface area contributed by atoms with Gasteiger partial charge in [0.05, 0.1) is 4.90 Å². The van der Waals surface area contributed by atoms with Crippen molar-refractivity contribution >= 4 is 27.1 Å². The maximum atomic E-state index is 12.4. The number of carbonyl (C=O) groups excluding carboxylic acids is 1. The zero-order valence-corrected chi connectivity index (χ0v) is 11.6. The fourth-order valence-electron chi connectivity index (χ4n) is 1.33. The van der Waals surface area contributed by atoms with E-state index in [2.05, 4.69) is 5.32 Å². The average molecular weight is 312 g/mol. The average Bonchev–Trinajstić information content (AvgIpc) is 2.84. The molecule has 1 heterocycles. The molecule has 0 saturated heterocycles. The molecular weight excluding hydrogens is 298 g/mol. The zero-order valence-electron chi connectivity index (χ0n) is 9.93. The minimum atomic E-state index is -4.75. The molecule has 0 aromatic carbocycles. The van der Waals surface area contributed by atoms with Crippen LogP contribution in [0.4, 0.5) is 8.78 Å². The molecule has 1 amide bonds. The van der Waals surface area contributed by atoms with Crippen LogP contribution in [0.25, 0.3) is 0 Å². The van der Waals surface area contributed by atoms with Gasteiger partial charge >= 0.3 is 5.76 Å². The summed E-state index contributed by atoms with van der Waals surface area (Å²) < 4.78 is 47.6. The lowest BCUT2D eigenvalue weighted by Crippen LogP contribution is -2.26. The van der Waals surface area contributed by atoms with Gasteiger partial charge in [-0.25, -0.2) is 8.42 Å². The summed E-state index contributed by atoms with van der Waals surface area (Å²) in [5, 5.41) is 3.77. The second-order valence-corrected chi connectivity index (χ2v) is 6.47. The van der Waals surface area contributed by atoms with Gasteiger partial charge in [-0.2, -0.15) is 8.78 Å². The second-order valence-electron chi connectivity index (χ2n) is 3.67. The summed E-state index contributed by atoms with van der Waals surface area (Å²) in [5.41, 5.74) is 5.28. The number of amides is 1. The van der Waals surface area contributed by atoms with E-state index < -0.39 is 26.4 Å². The van der Waals surface area contributed by atoms with Crippen LogP contribution in [0, 0.1) is 0 Å². The second kappa shape index (κ2) is 6.92. The molecule has 0 bridgehead atoms. The number of hydrogen-bond donors (Lipinski definition) is 2. The van der Waals surface area contributed by atoms with Crippen LogP contribution in [0.5, 0.6) is 0 Å². The van der Waals surface area contributed by atoms with Crippen molar-refractivity contribution < 1.29 is 22.0 Å². The molecule has 9 heteroatoms. The van der Waals surface area contributed by atoms with Crippen molar-refractivity contribution in [1.82, 2.24) is 5.32 Å². The number of halogens is 2. The van der Waals surface area contributed by atoms with Crippen molar-refractivity contribution in [3.63, 3.8) is 0 Å². The van der Waals surface area contributed by atoms with Crippen LogP contribution in [0.2, 0.25) is 0 Å². The normalized spacial score (nSPS) is 11.8. The van der Waals surface area contributed by atoms with E-state index in [1.807, 2.05) is 0 Å². The molecule has 108 valence electrons. The molecule has 0 aliphatic carbocycles. The van der Waals surface area contributed by atoms with Gasteiger partial charge in [0, 0.05) is 6.54 Å². The van der Waals surface area contributed by atoms with Crippen molar-refractivity contribution in [3.05, 3.63) is 16.3 Å². The molecule has 0 unspecified atom stereocenters. The highest BCUT2D eigenvalue weighted by molar-refractivity contribution is 7.92. The number of nitrogens with one attached hydrogen (secondary N) is 1. The number of rotatable bonds is 7. The Morgan fingerprint density at radius 3 is 2.68 bits per heavy atom. The number of nitrogens with two attached hydrogens (primary N) is 1. The Hall–Kier alpha value is -1.06. The molecule has 3 N–H and O–H groups in total. The molecule has 0 fully saturated rings. The first-order chi connectivity index (χ1) is 8.91. The minimum Gasteiger partial charge on any atom is -0.351 e. The first-order valence-electron chi connectivity index (χ1n) is 5.49. The lowest BCUT2D eigenvalue weighted by atomic mass is 10.3. The quantitative estimate of drug-likeness (QED) is 0.741. The molecule has 0 saturated carbocycles. The van der Waals surface area contributed by atoms with Crippen molar-refractivity contribution in [1.29, 1.82) is 0 Å². The van der Waals surface area contributed by atoms with Crippen LogP contribution in [0.1, 0.15) is 22.5 Å². The molecule has 5 nitrogen and oxygen atoms in total. The van der Waals surface area contributed by atoms with Gasteiger partial charge in [0.25, 0.3) is 5.91 Å². The lowest BCUT2D eigenvalue weighted by molar-refractivity contribution is 0.0954. The highest BCUT2D eigenvalue weighted by Crippen LogP contribution is 2.26. The van der Waals surface area contributed by atoms with E-state index >= 15 is 0 Å². The maximum absolute atomic E-state index is 12.4. The Morgan fingerprint density at radius 1 is 1.42 bits per heavy atom. The minimum absolute atomic E-state index is 0.215. The third-order valence-corrected chi connectivity index (χ3v) is 4.76. The maximum Gasteiger partial charge on any atom is 0.341 e. The van der Waals surface area contributed by atoms with Crippen LogP contribution >= 0.6 is 11.3 Å². The molecule has 1 rings (SSSR count). The molecule has 1 aromatic heterocycles. The Morgan fingerprint density at radius 2 is 2.11 bits per heavy atom. The predicted octanol–water partition coefficient (Wildman–Crippen LogP) is 1.21. The fourth-order valence-corrected chi connectivity index (χ4v) is 3.42. The lowest BCUT2D eigenvalue weighted by Gasteiger charge is -2.06. The van der Waals surface area contributed by atoms with Crippen LogP contribution < -0.4 is 11.1 Å². The van der Waals surface area contributed by atoms with Crippen molar-refractivity contribution in [2.24, 2.45) is 5.73 Å². The Balaban J connectivity index is 2.81. The van der Waals surface area contributed by atoms with Gasteiger partial charge in [-0.15, -0.1) is 11.3 Å². The summed E-state index contributed by atoms with van der Waals surface area (Å²) in [4.78, 5) is 10.9. The van der Waals surface area contributed by atoms with E-state index in [0.717, 1.165) is 17.4 Å². The number of thiophene rings is 1. The zero-order chi connectivity index (χ0) is 14.5. The topological polar surface area (TPSA) is 89.3 Å². The number of sulfone groups is 1. The van der Waals surface area contributed by atoms with E-state index in [9.17, 15) is 22.0 Å². The van der Waals surface area contributed by atoms with E-state index in [1.165, 1.54) is 5.38 Å². The van der Waals surface area contributed by atoms with E-state index in [1.54, 1.807) is 0 Å². The molecule has 1 aromatic rings. The highest BCUT2D eigenvalue weighted by atomic mass is 32.2. The van der Waals surface area contributed by atoms with Crippen molar-refractivity contribution in [2.45, 2.75) is 23.5 Å². The molecule has 0 aliphatic rings. The molecule has 0 radical (unpaired) electrons. The number of alkyl halides is 2. The largest absolute Gasteiger partial charge is 0.351 e. The first-order valence-corrected chi connectivity index (χ1v) is 7.91. The van der Waals surface area contributed by atoms with E-state index in [-0.39, 0.29) is 4.88 Å². The Bertz CT molecular complexity index is 529. The van der Waals surface area contributed by atoms with Crippen LogP contribution in [0.3, 0.4) is 0 Å². The van der Waals surface area contributed by atoms with Crippen molar-refractivity contribution in [2.75, 3.05) is 13.1 Å².